The number of halogens is 23. The molecule has 0 atom stereocenters. The molecule has 1 N–H and O–H groups in total. The normalized spacial score (nSPS) is 16.0. The second-order valence-electron chi connectivity index (χ2n) is 7.49. The van der Waals surface area contributed by atoms with Crippen LogP contribution < -0.4 is 0 Å². The van der Waals surface area contributed by atoms with Crippen molar-refractivity contribution >= 4 is 16.0 Å². The molecule has 0 saturated carbocycles. The minimum Gasteiger partial charge on any atom is -0.478 e. The van der Waals surface area contributed by atoms with Crippen LogP contribution in [0.1, 0.15) is 0 Å². The number of carboxylic acids is 1. The molecule has 0 amide bonds. The first-order valence-electron chi connectivity index (χ1n) is 8.92. The lowest BCUT2D eigenvalue weighted by molar-refractivity contribution is -0.458. The largest absolute Gasteiger partial charge is 0.478 e. The van der Waals surface area contributed by atoms with Crippen molar-refractivity contribution < 1.29 is 119 Å². The number of nitrogens with zero attached hydrogens (tertiary/aromatic N) is 1. The Hall–Kier alpha value is -2.49. The molecule has 0 aliphatic rings. The van der Waals surface area contributed by atoms with Crippen LogP contribution in [-0.4, -0.2) is 89.8 Å². The van der Waals surface area contributed by atoms with E-state index in [-0.39, 0.29) is 0 Å². The first-order chi connectivity index (χ1) is 18.2. The van der Waals surface area contributed by atoms with E-state index in [1.807, 2.05) is 0 Å². The molecule has 43 heavy (non-hydrogen) atoms. The minimum atomic E-state index is -9.39. The molecule has 0 aromatic rings. The van der Waals surface area contributed by atoms with Crippen molar-refractivity contribution in [2.45, 2.75) is 58.9 Å². The number of rotatable bonds is 12. The summed E-state index contributed by atoms with van der Waals surface area (Å²) in [6.45, 7) is 0. The lowest BCUT2D eigenvalue weighted by Gasteiger charge is -2.43. The Morgan fingerprint density at radius 1 is 0.558 bits per heavy atom. The predicted molar refractivity (Wildman–Crippen MR) is 84.1 cm³/mol. The summed E-state index contributed by atoms with van der Waals surface area (Å²) in [6.07, 6.45) is -12.5. The number of carbonyl (C=O) groups is 1. The first kappa shape index (κ1) is 40.5. The Morgan fingerprint density at radius 2 is 0.837 bits per heavy atom. The highest BCUT2D eigenvalue weighted by Crippen LogP contribution is 2.64. The third-order valence-electron chi connectivity index (χ3n) is 4.87. The van der Waals surface area contributed by atoms with E-state index in [9.17, 15) is 114 Å². The fraction of sp³-hybridized carbons (Fsp3) is 0.786. The number of aliphatic carboxylic acids is 1. The Labute approximate surface area is 218 Å². The highest BCUT2D eigenvalue weighted by molar-refractivity contribution is 7.90. The van der Waals surface area contributed by atoms with Crippen LogP contribution in [0.3, 0.4) is 0 Å². The molecular weight excluding hydrogens is 715 g/mol. The Morgan fingerprint density at radius 3 is 1.09 bits per heavy atom. The van der Waals surface area contributed by atoms with E-state index in [4.69, 9.17) is 5.11 Å². The third-order valence-corrected chi connectivity index (χ3v) is 6.72. The van der Waals surface area contributed by atoms with Crippen LogP contribution >= 0.6 is 0 Å². The zero-order valence-electron chi connectivity index (χ0n) is 18.7. The van der Waals surface area contributed by atoms with Gasteiger partial charge in [0, 0.05) is 7.05 Å². The zero-order valence-corrected chi connectivity index (χ0v) is 19.5. The van der Waals surface area contributed by atoms with Crippen LogP contribution in [0.2, 0.25) is 0 Å². The molecular formula is C14H4F23NO4S. The van der Waals surface area contributed by atoms with Gasteiger partial charge < -0.3 is 5.11 Å². The summed E-state index contributed by atoms with van der Waals surface area (Å²) >= 11 is 0. The van der Waals surface area contributed by atoms with Crippen molar-refractivity contribution in [3.8, 4) is 0 Å². The molecule has 0 bridgehead atoms. The van der Waals surface area contributed by atoms with E-state index in [2.05, 4.69) is 0 Å². The second-order valence-corrected chi connectivity index (χ2v) is 9.50. The lowest BCUT2D eigenvalue weighted by Crippen LogP contribution is -2.75. The van der Waals surface area contributed by atoms with Crippen LogP contribution in [0.25, 0.3) is 0 Å². The average molecular weight is 719 g/mol. The molecule has 0 radical (unpaired) electrons. The van der Waals surface area contributed by atoms with Crippen molar-refractivity contribution in [2.75, 3.05) is 7.05 Å². The molecule has 0 unspecified atom stereocenters. The van der Waals surface area contributed by atoms with Crippen molar-refractivity contribution in [3.63, 3.8) is 0 Å². The van der Waals surface area contributed by atoms with Gasteiger partial charge >= 0.3 is 64.9 Å². The van der Waals surface area contributed by atoms with Gasteiger partial charge in [-0.25, -0.2) is 13.2 Å². The maximum Gasteiger partial charge on any atom is 0.460 e. The van der Waals surface area contributed by atoms with E-state index in [1.54, 1.807) is 0 Å². The van der Waals surface area contributed by atoms with Crippen molar-refractivity contribution in [3.05, 3.63) is 11.7 Å². The molecule has 0 rings (SSSR count). The smallest absolute Gasteiger partial charge is 0.460 e. The third kappa shape index (κ3) is 5.09. The molecule has 0 aliphatic carbocycles. The van der Waals surface area contributed by atoms with Crippen LogP contribution in [0.5, 0.6) is 0 Å². The summed E-state index contributed by atoms with van der Waals surface area (Å²) in [5.41, 5.74) is -4.22. The van der Waals surface area contributed by atoms with Gasteiger partial charge in [0.05, 0.1) is 0 Å². The fourth-order valence-corrected chi connectivity index (χ4v) is 3.53. The van der Waals surface area contributed by atoms with E-state index >= 15 is 0 Å². The van der Waals surface area contributed by atoms with E-state index in [0.717, 1.165) is 0 Å². The number of hydrogen-bond donors (Lipinski definition) is 1. The van der Waals surface area contributed by atoms with Gasteiger partial charge in [-0.05, 0) is 0 Å². The summed E-state index contributed by atoms with van der Waals surface area (Å²) in [5.74, 6) is -66.1. The molecule has 0 fully saturated rings. The number of alkyl halides is 21. The van der Waals surface area contributed by atoms with Gasteiger partial charge in [-0.15, -0.1) is 4.31 Å². The Kier molecular flexibility index (Phi) is 9.68. The molecule has 0 aliphatic heterocycles. The molecule has 0 spiro atoms. The van der Waals surface area contributed by atoms with E-state index < -0.39 is 97.9 Å². The summed E-state index contributed by atoms with van der Waals surface area (Å²) < 4.78 is 325. The van der Waals surface area contributed by atoms with Gasteiger partial charge in [-0.3, -0.25) is 0 Å². The van der Waals surface area contributed by atoms with E-state index in [1.165, 1.54) is 0 Å². The molecule has 256 valence electrons. The molecule has 0 aromatic carbocycles. The van der Waals surface area contributed by atoms with Gasteiger partial charge in [0.2, 0.25) is 0 Å². The summed E-state index contributed by atoms with van der Waals surface area (Å²) in [4.78, 5) is 10.4. The van der Waals surface area contributed by atoms with E-state index in [0.29, 0.717) is 0 Å². The standard InChI is InChI=1S/C14H4F23NO4S/c1-38(13(34,35)5(17,18)2(3(15)16)4(39)40)43(41,42)14(36,37)11(29,30)9(25,26)7(21,22)6(19,20)8(23,24)10(27,28)12(31,32)33/h1H3,(H,39,40). The quantitative estimate of drug-likeness (QED) is 0.139. The van der Waals surface area contributed by atoms with Gasteiger partial charge in [0.15, 0.2) is 5.57 Å². The predicted octanol–water partition coefficient (Wildman–Crippen LogP) is 6.68. The SMILES string of the molecule is CN(C(F)(F)C(F)(F)C(C(=O)O)=C(F)F)S(=O)(=O)C(F)(F)C(F)(F)C(F)(F)C(F)(F)C(F)(F)C(F)(F)C(F)(F)C(F)(F)F. The van der Waals surface area contributed by atoms with Crippen molar-refractivity contribution in [2.24, 2.45) is 0 Å². The summed E-state index contributed by atoms with van der Waals surface area (Å²) in [5, 5.41) is -0.627. The Balaban J connectivity index is 7.39. The lowest BCUT2D eigenvalue weighted by atomic mass is 9.91. The molecule has 0 saturated heterocycles. The zero-order chi connectivity index (χ0) is 35.8. The summed E-state index contributed by atoms with van der Waals surface area (Å²) in [6, 6.07) is -7.59. The molecule has 0 aromatic heterocycles. The minimum absolute atomic E-state index is 1.59. The van der Waals surface area contributed by atoms with Crippen LogP contribution in [0.4, 0.5) is 101 Å². The average Bonchev–Trinajstić information content (AvgIpc) is 2.75. The summed E-state index contributed by atoms with van der Waals surface area (Å²) in [7, 11) is -10.7. The van der Waals surface area contributed by atoms with Crippen molar-refractivity contribution in [1.29, 1.82) is 0 Å². The highest BCUT2D eigenvalue weighted by atomic mass is 32.2. The molecule has 5 nitrogen and oxygen atoms in total. The topological polar surface area (TPSA) is 74.7 Å². The Bertz CT molecular complexity index is 1230. The van der Waals surface area contributed by atoms with Crippen molar-refractivity contribution in [1.82, 2.24) is 4.31 Å². The monoisotopic (exact) mass is 719 g/mol. The fourth-order valence-electron chi connectivity index (χ4n) is 2.32. The first-order valence-corrected chi connectivity index (χ1v) is 10.4. The van der Waals surface area contributed by atoms with Gasteiger partial charge in [0.1, 0.15) is 0 Å². The van der Waals surface area contributed by atoms with Gasteiger partial charge in [-0.2, -0.15) is 101 Å². The van der Waals surface area contributed by atoms with Gasteiger partial charge in [-0.1, -0.05) is 0 Å². The maximum absolute atomic E-state index is 14.0. The molecule has 29 heteroatoms. The molecule has 0 heterocycles. The number of hydrogen-bond acceptors (Lipinski definition) is 3. The number of carboxylic acid groups (broad SMARTS) is 1. The maximum atomic E-state index is 14.0. The van der Waals surface area contributed by atoms with Crippen LogP contribution in [-0.2, 0) is 14.8 Å². The number of sulfonamides is 1. The highest BCUT2D eigenvalue weighted by Gasteiger charge is 2.96. The van der Waals surface area contributed by atoms with Gasteiger partial charge in [0.25, 0.3) is 16.1 Å². The second kappa shape index (κ2) is 10.3. The van der Waals surface area contributed by atoms with Crippen LogP contribution in [0, 0.1) is 0 Å². The van der Waals surface area contributed by atoms with Crippen LogP contribution in [0.15, 0.2) is 11.7 Å².